The van der Waals surface area contributed by atoms with Crippen molar-refractivity contribution < 1.29 is 14.4 Å². The van der Waals surface area contributed by atoms with E-state index in [4.69, 9.17) is 0 Å². The van der Waals surface area contributed by atoms with E-state index in [1.54, 1.807) is 12.4 Å². The number of carbonyl (C=O) groups is 3. The van der Waals surface area contributed by atoms with Crippen molar-refractivity contribution in [2.75, 3.05) is 44.2 Å². The number of nitrogens with one attached hydrogen (secondary N) is 1. The molecule has 2 saturated heterocycles. The third kappa shape index (κ3) is 5.92. The van der Waals surface area contributed by atoms with Gasteiger partial charge in [-0.15, -0.1) is 0 Å². The van der Waals surface area contributed by atoms with Crippen LogP contribution >= 0.6 is 0 Å². The SMILES string of the molecule is CC(=O)NC(CCC(=O)N1CCN(c2ccncc2)CC1)C(=O)N1CCCCC1. The Kier molecular flexibility index (Phi) is 7.43. The van der Waals surface area contributed by atoms with Crippen molar-refractivity contribution in [3.05, 3.63) is 24.5 Å². The lowest BCUT2D eigenvalue weighted by Crippen LogP contribution is -2.51. The third-order valence-electron chi connectivity index (χ3n) is 5.65. The quantitative estimate of drug-likeness (QED) is 0.769. The van der Waals surface area contributed by atoms with Gasteiger partial charge in [0.2, 0.25) is 17.7 Å². The number of nitrogens with zero attached hydrogens (tertiary/aromatic N) is 4. The van der Waals surface area contributed by atoms with Crippen molar-refractivity contribution in [1.82, 2.24) is 20.1 Å². The standard InChI is InChI=1S/C21H31N5O3/c1-17(27)23-19(21(29)26-11-3-2-4-12-26)5-6-20(28)25-15-13-24(14-16-25)18-7-9-22-10-8-18/h7-10,19H,2-6,11-16H2,1H3,(H,23,27). The van der Waals surface area contributed by atoms with E-state index in [1.165, 1.54) is 6.92 Å². The van der Waals surface area contributed by atoms with E-state index < -0.39 is 6.04 Å². The maximum atomic E-state index is 12.8. The lowest BCUT2D eigenvalue weighted by atomic mass is 10.1. The number of likely N-dealkylation sites (tertiary alicyclic amines) is 1. The average Bonchev–Trinajstić information content (AvgIpc) is 2.77. The Morgan fingerprint density at radius 2 is 1.62 bits per heavy atom. The van der Waals surface area contributed by atoms with Crippen LogP contribution in [0.15, 0.2) is 24.5 Å². The van der Waals surface area contributed by atoms with E-state index in [1.807, 2.05) is 21.9 Å². The normalized spacial score (nSPS) is 18.3. The van der Waals surface area contributed by atoms with Gasteiger partial charge in [0.05, 0.1) is 0 Å². The molecular weight excluding hydrogens is 370 g/mol. The molecule has 0 saturated carbocycles. The number of pyridine rings is 1. The Bertz CT molecular complexity index is 698. The summed E-state index contributed by atoms with van der Waals surface area (Å²) in [5, 5.41) is 2.75. The molecule has 1 aromatic rings. The second-order valence-corrected chi connectivity index (χ2v) is 7.75. The van der Waals surface area contributed by atoms with Crippen LogP contribution in [0, 0.1) is 0 Å². The number of piperazine rings is 1. The Morgan fingerprint density at radius 1 is 0.966 bits per heavy atom. The minimum atomic E-state index is -0.618. The number of hydrogen-bond donors (Lipinski definition) is 1. The number of rotatable bonds is 6. The molecule has 2 aliphatic rings. The van der Waals surface area contributed by atoms with Gasteiger partial charge in [0.15, 0.2) is 0 Å². The van der Waals surface area contributed by atoms with Crippen LogP contribution in [0.2, 0.25) is 0 Å². The predicted molar refractivity (Wildman–Crippen MR) is 110 cm³/mol. The molecule has 3 heterocycles. The zero-order valence-corrected chi connectivity index (χ0v) is 17.2. The molecule has 1 aromatic heterocycles. The minimum absolute atomic E-state index is 0.0428. The maximum Gasteiger partial charge on any atom is 0.245 e. The zero-order valence-electron chi connectivity index (χ0n) is 17.2. The molecule has 8 nitrogen and oxygen atoms in total. The highest BCUT2D eigenvalue weighted by Crippen LogP contribution is 2.16. The highest BCUT2D eigenvalue weighted by Gasteiger charge is 2.28. The smallest absolute Gasteiger partial charge is 0.245 e. The topological polar surface area (TPSA) is 85.9 Å². The number of carbonyl (C=O) groups excluding carboxylic acids is 3. The minimum Gasteiger partial charge on any atom is -0.368 e. The lowest BCUT2D eigenvalue weighted by molar-refractivity contribution is -0.138. The summed E-state index contributed by atoms with van der Waals surface area (Å²) in [4.78, 5) is 47.0. The summed E-state index contributed by atoms with van der Waals surface area (Å²) in [6, 6.07) is 3.33. The zero-order chi connectivity index (χ0) is 20.6. The largest absolute Gasteiger partial charge is 0.368 e. The van der Waals surface area contributed by atoms with Crippen LogP contribution in [-0.4, -0.2) is 77.8 Å². The van der Waals surface area contributed by atoms with Crippen molar-refractivity contribution in [3.63, 3.8) is 0 Å². The second-order valence-electron chi connectivity index (χ2n) is 7.75. The van der Waals surface area contributed by atoms with E-state index in [0.717, 1.165) is 51.1 Å². The second kappa shape index (κ2) is 10.2. The van der Waals surface area contributed by atoms with Crippen molar-refractivity contribution in [2.45, 2.75) is 45.1 Å². The Hall–Kier alpha value is -2.64. The molecule has 29 heavy (non-hydrogen) atoms. The third-order valence-corrected chi connectivity index (χ3v) is 5.65. The van der Waals surface area contributed by atoms with Gasteiger partial charge in [0.25, 0.3) is 0 Å². The van der Waals surface area contributed by atoms with Crippen LogP contribution in [0.1, 0.15) is 39.0 Å². The number of aromatic nitrogens is 1. The van der Waals surface area contributed by atoms with Crippen LogP contribution in [0.25, 0.3) is 0 Å². The van der Waals surface area contributed by atoms with Crippen LogP contribution in [-0.2, 0) is 14.4 Å². The highest BCUT2D eigenvalue weighted by atomic mass is 16.2. The first-order valence-electron chi connectivity index (χ1n) is 10.5. The predicted octanol–water partition coefficient (Wildman–Crippen LogP) is 1.03. The van der Waals surface area contributed by atoms with Gasteiger partial charge in [-0.2, -0.15) is 0 Å². The van der Waals surface area contributed by atoms with Crippen LogP contribution in [0.4, 0.5) is 5.69 Å². The van der Waals surface area contributed by atoms with Crippen molar-refractivity contribution >= 4 is 23.4 Å². The van der Waals surface area contributed by atoms with E-state index in [9.17, 15) is 14.4 Å². The molecule has 1 atom stereocenters. The van der Waals surface area contributed by atoms with E-state index in [0.29, 0.717) is 19.5 Å². The molecule has 0 bridgehead atoms. The molecule has 2 aliphatic heterocycles. The molecule has 0 aliphatic carbocycles. The maximum absolute atomic E-state index is 12.8. The molecule has 3 amide bonds. The van der Waals surface area contributed by atoms with Gasteiger partial charge in [-0.3, -0.25) is 19.4 Å². The van der Waals surface area contributed by atoms with Gasteiger partial charge in [-0.05, 0) is 37.8 Å². The fourth-order valence-electron chi connectivity index (χ4n) is 4.03. The number of piperidine rings is 1. The fraction of sp³-hybridized carbons (Fsp3) is 0.619. The highest BCUT2D eigenvalue weighted by molar-refractivity contribution is 5.87. The molecule has 1 unspecified atom stereocenters. The summed E-state index contributed by atoms with van der Waals surface area (Å²) in [7, 11) is 0. The van der Waals surface area contributed by atoms with E-state index in [-0.39, 0.29) is 24.1 Å². The first-order chi connectivity index (χ1) is 14.0. The van der Waals surface area contributed by atoms with Crippen molar-refractivity contribution in [3.8, 4) is 0 Å². The first kappa shape index (κ1) is 21.1. The summed E-state index contributed by atoms with van der Waals surface area (Å²) in [6.45, 7) is 5.75. The van der Waals surface area contributed by atoms with Gasteiger partial charge in [-0.25, -0.2) is 0 Å². The molecule has 0 spiro atoms. The number of hydrogen-bond acceptors (Lipinski definition) is 5. The summed E-state index contributed by atoms with van der Waals surface area (Å²) in [6.07, 6.45) is 7.29. The monoisotopic (exact) mass is 401 g/mol. The molecule has 1 N–H and O–H groups in total. The van der Waals surface area contributed by atoms with Crippen LogP contribution in [0.3, 0.4) is 0 Å². The van der Waals surface area contributed by atoms with E-state index >= 15 is 0 Å². The Balaban J connectivity index is 1.49. The van der Waals surface area contributed by atoms with Crippen molar-refractivity contribution in [2.24, 2.45) is 0 Å². The molecule has 0 radical (unpaired) electrons. The van der Waals surface area contributed by atoms with Crippen molar-refractivity contribution in [1.29, 1.82) is 0 Å². The fourth-order valence-corrected chi connectivity index (χ4v) is 4.03. The molecule has 2 fully saturated rings. The average molecular weight is 402 g/mol. The summed E-state index contributed by atoms with van der Waals surface area (Å²) in [5.41, 5.74) is 1.12. The van der Waals surface area contributed by atoms with Gasteiger partial charge >= 0.3 is 0 Å². The summed E-state index contributed by atoms with van der Waals surface area (Å²) in [5.74, 6) is -0.254. The van der Waals surface area contributed by atoms with Gasteiger partial charge in [0.1, 0.15) is 6.04 Å². The molecule has 8 heteroatoms. The van der Waals surface area contributed by atoms with Crippen LogP contribution in [0.5, 0.6) is 0 Å². The Morgan fingerprint density at radius 3 is 2.24 bits per heavy atom. The van der Waals surface area contributed by atoms with Crippen LogP contribution < -0.4 is 10.2 Å². The number of amides is 3. The van der Waals surface area contributed by atoms with E-state index in [2.05, 4.69) is 15.2 Å². The molecule has 158 valence electrons. The molecular formula is C21H31N5O3. The molecule has 0 aromatic carbocycles. The first-order valence-corrected chi connectivity index (χ1v) is 10.5. The Labute approximate surface area is 172 Å². The molecule has 3 rings (SSSR count). The van der Waals surface area contributed by atoms with Gasteiger partial charge in [-0.1, -0.05) is 0 Å². The summed E-state index contributed by atoms with van der Waals surface area (Å²) < 4.78 is 0. The lowest BCUT2D eigenvalue weighted by Gasteiger charge is -2.36. The summed E-state index contributed by atoms with van der Waals surface area (Å²) >= 11 is 0. The number of anilines is 1. The van der Waals surface area contributed by atoms with Gasteiger partial charge < -0.3 is 20.0 Å². The van der Waals surface area contributed by atoms with Gasteiger partial charge in [0, 0.05) is 70.7 Å².